The molecular formula is C13H22NO6P2S+. The van der Waals surface area contributed by atoms with Gasteiger partial charge < -0.3 is 9.42 Å². The van der Waals surface area contributed by atoms with Gasteiger partial charge in [-0.3, -0.25) is 0 Å². The number of aliphatic imine (C=N–C) groups is 1. The Labute approximate surface area is 140 Å². The van der Waals surface area contributed by atoms with Gasteiger partial charge in [-0.15, -0.1) is 11.8 Å². The molecule has 1 rings (SSSR count). The Morgan fingerprint density at radius 2 is 1.91 bits per heavy atom. The number of nitrogens with zero attached hydrogens (tertiary/aromatic N) is 1. The van der Waals surface area contributed by atoms with E-state index in [1.54, 1.807) is 11.8 Å². The molecule has 1 aromatic carbocycles. The van der Waals surface area contributed by atoms with Crippen LogP contribution in [0.2, 0.25) is 0 Å². The van der Waals surface area contributed by atoms with Crippen molar-refractivity contribution in [3.05, 3.63) is 30.3 Å². The molecule has 0 aliphatic carbocycles. The minimum atomic E-state index is -4.67. The molecule has 0 amide bonds. The van der Waals surface area contributed by atoms with Gasteiger partial charge in [0.25, 0.3) is 0 Å². The monoisotopic (exact) mass is 382 g/mol. The molecule has 0 aliphatic heterocycles. The van der Waals surface area contributed by atoms with Crippen LogP contribution < -0.4 is 0 Å². The molecule has 0 aromatic heterocycles. The third-order valence-electron chi connectivity index (χ3n) is 2.64. The van der Waals surface area contributed by atoms with E-state index >= 15 is 0 Å². The van der Waals surface area contributed by atoms with Gasteiger partial charge in [-0.2, -0.15) is 14.7 Å². The molecular weight excluding hydrogens is 360 g/mol. The SMILES string of the molecule is CCOP(=O)(O)C(=NCCCCSc1ccccc1)[P+](O)(O)O. The topological polar surface area (TPSA) is 120 Å². The van der Waals surface area contributed by atoms with E-state index < -0.39 is 20.7 Å². The zero-order valence-corrected chi connectivity index (χ0v) is 15.4. The van der Waals surface area contributed by atoms with Crippen LogP contribution in [0.5, 0.6) is 0 Å². The molecule has 4 N–H and O–H groups in total. The molecule has 0 spiro atoms. The first-order valence-corrected chi connectivity index (χ1v) is 11.3. The standard InChI is InChI=1S/C13H21NO6P2S/c1-2-20-22(18,19)13(21(15,16)17)14-10-6-7-11-23-12-8-4-3-5-9-12/h3-5,8-9,15-17H,2,6-7,10-11H2,1H3/p+1. The molecule has 0 saturated heterocycles. The van der Waals surface area contributed by atoms with Crippen LogP contribution >= 0.6 is 27.3 Å². The number of thioether (sulfide) groups is 1. The highest BCUT2D eigenvalue weighted by molar-refractivity contribution is 8.00. The highest BCUT2D eigenvalue weighted by Gasteiger charge is 2.53. The molecule has 130 valence electrons. The van der Waals surface area contributed by atoms with Gasteiger partial charge >= 0.3 is 20.7 Å². The molecule has 1 atom stereocenters. The molecule has 0 bridgehead atoms. The predicted molar refractivity (Wildman–Crippen MR) is 93.7 cm³/mol. The van der Waals surface area contributed by atoms with Crippen LogP contribution in [0.4, 0.5) is 0 Å². The lowest BCUT2D eigenvalue weighted by atomic mass is 10.3. The molecule has 10 heteroatoms. The minimum absolute atomic E-state index is 0.103. The summed E-state index contributed by atoms with van der Waals surface area (Å²) >= 11 is 1.68. The van der Waals surface area contributed by atoms with Crippen molar-refractivity contribution in [2.24, 2.45) is 4.99 Å². The van der Waals surface area contributed by atoms with Crippen molar-refractivity contribution in [2.45, 2.75) is 24.7 Å². The van der Waals surface area contributed by atoms with Gasteiger partial charge in [0.05, 0.1) is 6.61 Å². The van der Waals surface area contributed by atoms with Crippen LogP contribution in [-0.4, -0.2) is 43.7 Å². The van der Waals surface area contributed by atoms with Crippen molar-refractivity contribution in [3.63, 3.8) is 0 Å². The second kappa shape index (κ2) is 9.87. The lowest BCUT2D eigenvalue weighted by molar-refractivity contribution is 0.285. The van der Waals surface area contributed by atoms with E-state index in [-0.39, 0.29) is 13.2 Å². The maximum atomic E-state index is 11.8. The van der Waals surface area contributed by atoms with Gasteiger partial charge in [-0.05, 0) is 37.7 Å². The van der Waals surface area contributed by atoms with Crippen molar-refractivity contribution in [1.82, 2.24) is 0 Å². The van der Waals surface area contributed by atoms with Crippen LogP contribution in [0.1, 0.15) is 19.8 Å². The molecule has 0 aliphatic rings. The fraction of sp³-hybridized carbons (Fsp3) is 0.462. The van der Waals surface area contributed by atoms with E-state index in [4.69, 9.17) is 0 Å². The number of hydrogen-bond donors (Lipinski definition) is 4. The molecule has 0 saturated carbocycles. The Hall–Kier alpha value is -0.300. The number of rotatable bonds is 10. The van der Waals surface area contributed by atoms with Crippen molar-refractivity contribution in [3.8, 4) is 0 Å². The average Bonchev–Trinajstić information content (AvgIpc) is 2.45. The fourth-order valence-electron chi connectivity index (χ4n) is 1.69. The summed E-state index contributed by atoms with van der Waals surface area (Å²) in [4.78, 5) is 42.3. The third kappa shape index (κ3) is 7.88. The van der Waals surface area contributed by atoms with E-state index in [0.717, 1.165) is 17.1 Å². The Morgan fingerprint density at radius 1 is 1.26 bits per heavy atom. The van der Waals surface area contributed by atoms with E-state index in [0.29, 0.717) is 6.42 Å². The summed E-state index contributed by atoms with van der Waals surface area (Å²) in [5.41, 5.74) is 0. The molecule has 0 heterocycles. The van der Waals surface area contributed by atoms with Crippen molar-refractivity contribution < 1.29 is 28.7 Å². The molecule has 7 nitrogen and oxygen atoms in total. The van der Waals surface area contributed by atoms with Crippen LogP contribution in [0.25, 0.3) is 0 Å². The summed E-state index contributed by atoms with van der Waals surface area (Å²) in [5, 5.41) is -0.942. The maximum Gasteiger partial charge on any atom is 0.469 e. The van der Waals surface area contributed by atoms with E-state index in [1.165, 1.54) is 6.92 Å². The van der Waals surface area contributed by atoms with Crippen LogP contribution in [0.3, 0.4) is 0 Å². The highest BCUT2D eigenvalue weighted by Crippen LogP contribution is 2.62. The second-order valence-corrected chi connectivity index (χ2v) is 9.36. The van der Waals surface area contributed by atoms with Crippen LogP contribution in [-0.2, 0) is 9.09 Å². The lowest BCUT2D eigenvalue weighted by Gasteiger charge is -2.12. The molecule has 23 heavy (non-hydrogen) atoms. The summed E-state index contributed by atoms with van der Waals surface area (Å²) < 4.78 is 16.4. The Balaban J connectivity index is 2.47. The molecule has 0 fully saturated rings. The second-order valence-electron chi connectivity index (χ2n) is 4.56. The van der Waals surface area contributed by atoms with E-state index in [9.17, 15) is 24.1 Å². The zero-order valence-electron chi connectivity index (χ0n) is 12.8. The van der Waals surface area contributed by atoms with Crippen molar-refractivity contribution >= 4 is 32.5 Å². The van der Waals surface area contributed by atoms with Crippen molar-refractivity contribution in [2.75, 3.05) is 18.9 Å². The number of unbranched alkanes of at least 4 members (excludes halogenated alkanes) is 1. The first-order chi connectivity index (χ1) is 10.8. The van der Waals surface area contributed by atoms with Gasteiger partial charge in [-0.25, -0.2) is 9.56 Å². The van der Waals surface area contributed by atoms with Gasteiger partial charge in [0.2, 0.25) is 0 Å². The average molecular weight is 382 g/mol. The molecule has 0 radical (unpaired) electrons. The van der Waals surface area contributed by atoms with Gasteiger partial charge in [0.1, 0.15) is 0 Å². The fourth-order valence-corrected chi connectivity index (χ4v) is 5.18. The first-order valence-electron chi connectivity index (χ1n) is 7.05. The van der Waals surface area contributed by atoms with Crippen LogP contribution in [0.15, 0.2) is 40.2 Å². The van der Waals surface area contributed by atoms with Crippen LogP contribution in [0, 0.1) is 0 Å². The largest absolute Gasteiger partial charge is 0.469 e. The minimum Gasteiger partial charge on any atom is -0.317 e. The highest BCUT2D eigenvalue weighted by atomic mass is 32.2. The number of hydrogen-bond acceptors (Lipinski definition) is 7. The van der Waals surface area contributed by atoms with Gasteiger partial charge in [0, 0.05) is 11.4 Å². The summed E-state index contributed by atoms with van der Waals surface area (Å²) in [6, 6.07) is 9.87. The van der Waals surface area contributed by atoms with E-state index in [1.807, 2.05) is 30.3 Å². The lowest BCUT2D eigenvalue weighted by Crippen LogP contribution is -2.09. The normalized spacial score (nSPS) is 15.4. The van der Waals surface area contributed by atoms with Gasteiger partial charge in [-0.1, -0.05) is 18.2 Å². The predicted octanol–water partition coefficient (Wildman–Crippen LogP) is 2.88. The van der Waals surface area contributed by atoms with E-state index in [2.05, 4.69) is 9.52 Å². The molecule has 1 aromatic rings. The first kappa shape index (κ1) is 20.7. The number of benzene rings is 1. The summed E-state index contributed by atoms with van der Waals surface area (Å²) in [5.74, 6) is 0.842. The third-order valence-corrected chi connectivity index (χ3v) is 7.24. The quantitative estimate of drug-likeness (QED) is 0.213. The smallest absolute Gasteiger partial charge is 0.317 e. The summed E-state index contributed by atoms with van der Waals surface area (Å²) in [6.45, 7) is 1.47. The summed E-state index contributed by atoms with van der Waals surface area (Å²) in [6.07, 6.45) is 1.36. The Bertz CT molecular complexity index is 549. The summed E-state index contributed by atoms with van der Waals surface area (Å²) in [7, 11) is -9.16. The van der Waals surface area contributed by atoms with Crippen molar-refractivity contribution in [1.29, 1.82) is 0 Å². The Kier molecular flexibility index (Phi) is 8.90. The van der Waals surface area contributed by atoms with Gasteiger partial charge in [0.15, 0.2) is 0 Å². The molecule has 1 unspecified atom stereocenters. The maximum absolute atomic E-state index is 11.8. The Morgan fingerprint density at radius 3 is 2.48 bits per heavy atom. The zero-order chi connectivity index (χ0) is 17.3.